The molecule has 3 heteroatoms. The highest BCUT2D eigenvalue weighted by molar-refractivity contribution is 7.12. The van der Waals surface area contributed by atoms with Gasteiger partial charge in [0.1, 0.15) is 0 Å². The van der Waals surface area contributed by atoms with Crippen LogP contribution in [-0.2, 0) is 0 Å². The van der Waals surface area contributed by atoms with E-state index in [2.05, 4.69) is 43.1 Å². The molecule has 0 aliphatic heterocycles. The van der Waals surface area contributed by atoms with Gasteiger partial charge in [0.2, 0.25) is 8.27 Å². The molecule has 1 aromatic carbocycles. The fourth-order valence-corrected chi connectivity index (χ4v) is 3.06. The van der Waals surface area contributed by atoms with Crippen LogP contribution in [0.1, 0.15) is 12.5 Å². The van der Waals surface area contributed by atoms with Gasteiger partial charge in [0, 0.05) is 0 Å². The minimum Gasteiger partial charge on any atom is -0.325 e. The van der Waals surface area contributed by atoms with Gasteiger partial charge in [-0.1, -0.05) is 36.8 Å². The van der Waals surface area contributed by atoms with E-state index in [-0.39, 0.29) is 0 Å². The van der Waals surface area contributed by atoms with Gasteiger partial charge in [0.15, 0.2) is 0 Å². The second-order valence-electron chi connectivity index (χ2n) is 2.83. The third-order valence-corrected chi connectivity index (χ3v) is 4.71. The van der Waals surface area contributed by atoms with Gasteiger partial charge < -0.3 is 4.98 Å². The SMILES string of the molecule is CCN[SiH](Cl)c1ccc(C)cc1. The molecule has 0 saturated carbocycles. The summed E-state index contributed by atoms with van der Waals surface area (Å²) in [5, 5.41) is 1.27. The van der Waals surface area contributed by atoms with Crippen LogP contribution >= 0.6 is 11.1 Å². The van der Waals surface area contributed by atoms with Gasteiger partial charge in [-0.05, 0) is 18.7 Å². The predicted molar refractivity (Wildman–Crippen MR) is 57.5 cm³/mol. The second-order valence-corrected chi connectivity index (χ2v) is 5.94. The molecule has 0 aliphatic rings. The summed E-state index contributed by atoms with van der Waals surface area (Å²) >= 11 is 6.19. The fourth-order valence-electron chi connectivity index (χ4n) is 1.03. The minimum atomic E-state index is -1.36. The topological polar surface area (TPSA) is 12.0 Å². The normalized spacial score (nSPS) is 12.9. The second kappa shape index (κ2) is 4.65. The van der Waals surface area contributed by atoms with Crippen LogP contribution in [-0.4, -0.2) is 14.8 Å². The largest absolute Gasteiger partial charge is 0.325 e. The molecule has 0 fully saturated rings. The van der Waals surface area contributed by atoms with Crippen molar-refractivity contribution >= 4 is 24.5 Å². The Morgan fingerprint density at radius 2 is 1.92 bits per heavy atom. The van der Waals surface area contributed by atoms with E-state index < -0.39 is 8.27 Å². The third-order valence-electron chi connectivity index (χ3n) is 1.75. The molecule has 0 spiro atoms. The molecule has 66 valence electrons. The first-order valence-electron chi connectivity index (χ1n) is 4.18. The lowest BCUT2D eigenvalue weighted by Gasteiger charge is -2.07. The lowest BCUT2D eigenvalue weighted by molar-refractivity contribution is 1.01. The Kier molecular flexibility index (Phi) is 3.79. The summed E-state index contributed by atoms with van der Waals surface area (Å²) < 4.78 is 0. The van der Waals surface area contributed by atoms with E-state index in [1.54, 1.807) is 0 Å². The number of aryl methyl sites for hydroxylation is 1. The first-order valence-corrected chi connectivity index (χ1v) is 7.08. The summed E-state index contributed by atoms with van der Waals surface area (Å²) in [7, 11) is -1.36. The van der Waals surface area contributed by atoms with E-state index in [0.29, 0.717) is 0 Å². The van der Waals surface area contributed by atoms with E-state index in [1.165, 1.54) is 10.8 Å². The molecule has 0 saturated heterocycles. The lowest BCUT2D eigenvalue weighted by atomic mass is 10.2. The van der Waals surface area contributed by atoms with Crippen LogP contribution < -0.4 is 10.2 Å². The molecule has 12 heavy (non-hydrogen) atoms. The van der Waals surface area contributed by atoms with Crippen LogP contribution in [0.4, 0.5) is 0 Å². The highest BCUT2D eigenvalue weighted by atomic mass is 35.6. The van der Waals surface area contributed by atoms with Crippen molar-refractivity contribution in [2.24, 2.45) is 0 Å². The van der Waals surface area contributed by atoms with E-state index >= 15 is 0 Å². The Morgan fingerprint density at radius 1 is 1.33 bits per heavy atom. The summed E-state index contributed by atoms with van der Waals surface area (Å²) in [6.45, 7) is 5.12. The minimum absolute atomic E-state index is 0.953. The molecule has 1 atom stereocenters. The summed E-state index contributed by atoms with van der Waals surface area (Å²) in [5.41, 5.74) is 1.29. The van der Waals surface area contributed by atoms with Crippen LogP contribution in [0.15, 0.2) is 24.3 Å². The Labute approximate surface area is 80.1 Å². The van der Waals surface area contributed by atoms with Gasteiger partial charge in [0.05, 0.1) is 0 Å². The number of nitrogens with one attached hydrogen (secondary N) is 1. The Morgan fingerprint density at radius 3 is 2.42 bits per heavy atom. The molecule has 1 N–H and O–H groups in total. The highest BCUT2D eigenvalue weighted by Crippen LogP contribution is 1.95. The van der Waals surface area contributed by atoms with Crippen molar-refractivity contribution < 1.29 is 0 Å². The molecular formula is C9H14ClNSi. The van der Waals surface area contributed by atoms with Crippen LogP contribution in [0, 0.1) is 6.92 Å². The van der Waals surface area contributed by atoms with Crippen LogP contribution in [0.25, 0.3) is 0 Å². The maximum absolute atomic E-state index is 6.19. The predicted octanol–water partition coefficient (Wildman–Crippen LogP) is 1.27. The molecule has 1 aromatic rings. The van der Waals surface area contributed by atoms with Crippen molar-refractivity contribution in [3.05, 3.63) is 29.8 Å². The average molecular weight is 200 g/mol. The van der Waals surface area contributed by atoms with Crippen molar-refractivity contribution in [2.45, 2.75) is 13.8 Å². The van der Waals surface area contributed by atoms with Crippen molar-refractivity contribution in [1.82, 2.24) is 4.98 Å². The molecule has 1 unspecified atom stereocenters. The van der Waals surface area contributed by atoms with Crippen LogP contribution in [0.2, 0.25) is 0 Å². The Hall–Kier alpha value is -0.313. The summed E-state index contributed by atoms with van der Waals surface area (Å²) in [4.78, 5) is 3.29. The average Bonchev–Trinajstić information content (AvgIpc) is 2.06. The Bertz CT molecular complexity index is 235. The van der Waals surface area contributed by atoms with Crippen molar-refractivity contribution in [3.8, 4) is 0 Å². The molecule has 0 radical (unpaired) electrons. The maximum Gasteiger partial charge on any atom is 0.242 e. The Balaban J connectivity index is 2.68. The van der Waals surface area contributed by atoms with Gasteiger partial charge >= 0.3 is 0 Å². The maximum atomic E-state index is 6.19. The summed E-state index contributed by atoms with van der Waals surface area (Å²) in [6, 6.07) is 8.44. The van der Waals surface area contributed by atoms with Crippen molar-refractivity contribution in [2.75, 3.05) is 6.54 Å². The van der Waals surface area contributed by atoms with Gasteiger partial charge in [-0.15, -0.1) is 11.1 Å². The fraction of sp³-hybridized carbons (Fsp3) is 0.333. The quantitative estimate of drug-likeness (QED) is 0.571. The molecular weight excluding hydrogens is 186 g/mol. The number of hydrogen-bond acceptors (Lipinski definition) is 1. The molecule has 0 heterocycles. The highest BCUT2D eigenvalue weighted by Gasteiger charge is 2.06. The smallest absolute Gasteiger partial charge is 0.242 e. The number of rotatable bonds is 3. The zero-order valence-corrected chi connectivity index (χ0v) is 9.38. The van der Waals surface area contributed by atoms with Crippen LogP contribution in [0.5, 0.6) is 0 Å². The third kappa shape index (κ3) is 2.63. The molecule has 0 aromatic heterocycles. The van der Waals surface area contributed by atoms with E-state index in [9.17, 15) is 0 Å². The monoisotopic (exact) mass is 199 g/mol. The van der Waals surface area contributed by atoms with Crippen molar-refractivity contribution in [1.29, 1.82) is 0 Å². The van der Waals surface area contributed by atoms with Gasteiger partial charge in [-0.2, -0.15) is 0 Å². The zero-order chi connectivity index (χ0) is 8.97. The number of benzene rings is 1. The first kappa shape index (κ1) is 9.77. The van der Waals surface area contributed by atoms with Gasteiger partial charge in [-0.25, -0.2) is 0 Å². The molecule has 1 nitrogen and oxygen atoms in total. The molecule has 0 amide bonds. The van der Waals surface area contributed by atoms with Gasteiger partial charge in [0.25, 0.3) is 0 Å². The zero-order valence-electron chi connectivity index (χ0n) is 7.47. The molecule has 0 aliphatic carbocycles. The van der Waals surface area contributed by atoms with E-state index in [1.807, 2.05) is 0 Å². The van der Waals surface area contributed by atoms with E-state index in [4.69, 9.17) is 11.1 Å². The van der Waals surface area contributed by atoms with Gasteiger partial charge in [-0.3, -0.25) is 0 Å². The lowest BCUT2D eigenvalue weighted by Crippen LogP contribution is -2.39. The van der Waals surface area contributed by atoms with E-state index in [0.717, 1.165) is 6.54 Å². The number of halogens is 1. The number of hydrogen-bond donors (Lipinski definition) is 1. The van der Waals surface area contributed by atoms with Crippen molar-refractivity contribution in [3.63, 3.8) is 0 Å². The summed E-state index contributed by atoms with van der Waals surface area (Å²) in [5.74, 6) is 0. The molecule has 0 bridgehead atoms. The standard InChI is InChI=1S/C9H14ClNSi/c1-3-11-12(10)9-6-4-8(2)5-7-9/h4-7,11-12H,3H2,1-2H3. The first-order chi connectivity index (χ1) is 5.74. The van der Waals surface area contributed by atoms with Crippen LogP contribution in [0.3, 0.4) is 0 Å². The summed E-state index contributed by atoms with van der Waals surface area (Å²) in [6.07, 6.45) is 0. The molecule has 1 rings (SSSR count).